The van der Waals surface area contributed by atoms with Crippen molar-refractivity contribution in [2.24, 2.45) is 0 Å². The Hall–Kier alpha value is -2.17. The second kappa shape index (κ2) is 8.28. The second-order valence-corrected chi connectivity index (χ2v) is 7.35. The van der Waals surface area contributed by atoms with Crippen LogP contribution in [0.15, 0.2) is 60.8 Å². The number of benzene rings is 2. The van der Waals surface area contributed by atoms with Gasteiger partial charge in [-0.25, -0.2) is 4.98 Å². The fourth-order valence-corrected chi connectivity index (χ4v) is 3.81. The van der Waals surface area contributed by atoms with Gasteiger partial charge in [-0.05, 0) is 29.7 Å². The number of nitrogens with one attached hydrogen (secondary N) is 1. The number of thiazole rings is 1. The lowest BCUT2D eigenvalue weighted by molar-refractivity contribution is -0.117. The Morgan fingerprint density at radius 3 is 2.72 bits per heavy atom. The molecule has 0 aliphatic heterocycles. The van der Waals surface area contributed by atoms with E-state index in [1.807, 2.05) is 67.7 Å². The normalized spacial score (nSPS) is 11.9. The standard InChI is InChI=1S/C20H19ClN2OS/c1-2-18(15-8-4-3-5-9-15)19(24)23-20-22-13-17(25-20)12-14-7-6-10-16(21)11-14/h3-11,13,18H,2,12H2,1H3,(H,22,23,24)/t18-/m0/s1. The van der Waals surface area contributed by atoms with E-state index in [0.717, 1.165) is 33.9 Å². The van der Waals surface area contributed by atoms with Gasteiger partial charge < -0.3 is 5.32 Å². The molecule has 0 fully saturated rings. The summed E-state index contributed by atoms with van der Waals surface area (Å²) in [6, 6.07) is 17.6. The van der Waals surface area contributed by atoms with Crippen molar-refractivity contribution >= 4 is 34.0 Å². The molecule has 3 nitrogen and oxygen atoms in total. The van der Waals surface area contributed by atoms with Crippen LogP contribution in [0.25, 0.3) is 0 Å². The van der Waals surface area contributed by atoms with E-state index in [9.17, 15) is 4.79 Å². The van der Waals surface area contributed by atoms with Crippen LogP contribution in [0.3, 0.4) is 0 Å². The molecule has 5 heteroatoms. The molecule has 1 N–H and O–H groups in total. The second-order valence-electron chi connectivity index (χ2n) is 5.80. The first-order valence-electron chi connectivity index (χ1n) is 8.20. The summed E-state index contributed by atoms with van der Waals surface area (Å²) in [7, 11) is 0. The zero-order chi connectivity index (χ0) is 17.6. The van der Waals surface area contributed by atoms with Crippen LogP contribution in [0.5, 0.6) is 0 Å². The highest BCUT2D eigenvalue weighted by molar-refractivity contribution is 7.15. The van der Waals surface area contributed by atoms with Gasteiger partial charge in [-0.15, -0.1) is 11.3 Å². The fourth-order valence-electron chi connectivity index (χ4n) is 2.75. The van der Waals surface area contributed by atoms with Gasteiger partial charge in [0.15, 0.2) is 5.13 Å². The first-order valence-corrected chi connectivity index (χ1v) is 9.40. The van der Waals surface area contributed by atoms with Crippen LogP contribution in [0.4, 0.5) is 5.13 Å². The molecule has 1 atom stereocenters. The summed E-state index contributed by atoms with van der Waals surface area (Å²) < 4.78 is 0. The van der Waals surface area contributed by atoms with Gasteiger partial charge in [-0.2, -0.15) is 0 Å². The molecular formula is C20H19ClN2OS. The van der Waals surface area contributed by atoms with E-state index in [2.05, 4.69) is 10.3 Å². The molecule has 2 aromatic carbocycles. The number of anilines is 1. The average molecular weight is 371 g/mol. The molecule has 0 aliphatic carbocycles. The first kappa shape index (κ1) is 17.6. The third kappa shape index (κ3) is 4.68. The lowest BCUT2D eigenvalue weighted by Crippen LogP contribution is -2.20. The van der Waals surface area contributed by atoms with Crippen LogP contribution in [0.1, 0.15) is 35.3 Å². The molecular weight excluding hydrogens is 352 g/mol. The Morgan fingerprint density at radius 1 is 1.20 bits per heavy atom. The summed E-state index contributed by atoms with van der Waals surface area (Å²) in [6.07, 6.45) is 3.31. The lowest BCUT2D eigenvalue weighted by atomic mass is 9.96. The Bertz CT molecular complexity index is 848. The zero-order valence-corrected chi connectivity index (χ0v) is 15.5. The molecule has 1 aromatic heterocycles. The molecule has 0 bridgehead atoms. The highest BCUT2D eigenvalue weighted by Crippen LogP contribution is 2.25. The highest BCUT2D eigenvalue weighted by Gasteiger charge is 2.19. The van der Waals surface area contributed by atoms with E-state index in [4.69, 9.17) is 11.6 Å². The maximum Gasteiger partial charge on any atom is 0.233 e. The Morgan fingerprint density at radius 2 is 2.00 bits per heavy atom. The molecule has 0 unspecified atom stereocenters. The number of aromatic nitrogens is 1. The molecule has 0 radical (unpaired) electrons. The minimum Gasteiger partial charge on any atom is -0.301 e. The molecule has 0 aliphatic rings. The largest absolute Gasteiger partial charge is 0.301 e. The van der Waals surface area contributed by atoms with Gasteiger partial charge in [0.05, 0.1) is 5.92 Å². The molecule has 3 rings (SSSR count). The minimum absolute atomic E-state index is 0.0163. The fraction of sp³-hybridized carbons (Fsp3) is 0.200. The number of hydrogen-bond acceptors (Lipinski definition) is 3. The lowest BCUT2D eigenvalue weighted by Gasteiger charge is -2.14. The molecule has 25 heavy (non-hydrogen) atoms. The predicted molar refractivity (Wildman–Crippen MR) is 104 cm³/mol. The van der Waals surface area contributed by atoms with Crippen molar-refractivity contribution in [1.82, 2.24) is 4.98 Å². The number of rotatable bonds is 6. The number of carbonyl (C=O) groups excluding carboxylic acids is 1. The van der Waals surface area contributed by atoms with Gasteiger partial charge in [0.2, 0.25) is 5.91 Å². The van der Waals surface area contributed by atoms with E-state index in [1.165, 1.54) is 11.3 Å². The topological polar surface area (TPSA) is 42.0 Å². The molecule has 3 aromatic rings. The maximum absolute atomic E-state index is 12.6. The van der Waals surface area contributed by atoms with Gasteiger partial charge in [0, 0.05) is 22.5 Å². The van der Waals surface area contributed by atoms with E-state index in [-0.39, 0.29) is 11.8 Å². The summed E-state index contributed by atoms with van der Waals surface area (Å²) in [5.74, 6) is -0.182. The van der Waals surface area contributed by atoms with Crippen molar-refractivity contribution in [2.45, 2.75) is 25.7 Å². The third-order valence-electron chi connectivity index (χ3n) is 3.98. The molecule has 1 amide bonds. The van der Waals surface area contributed by atoms with Crippen molar-refractivity contribution in [1.29, 1.82) is 0 Å². The van der Waals surface area contributed by atoms with E-state index >= 15 is 0 Å². The Balaban J connectivity index is 1.67. The van der Waals surface area contributed by atoms with Crippen LogP contribution in [0.2, 0.25) is 5.02 Å². The third-order valence-corrected chi connectivity index (χ3v) is 5.13. The van der Waals surface area contributed by atoms with Crippen molar-refractivity contribution in [3.05, 3.63) is 81.8 Å². The number of carbonyl (C=O) groups is 1. The first-order chi connectivity index (χ1) is 12.2. The molecule has 0 saturated heterocycles. The predicted octanol–water partition coefficient (Wildman–Crippen LogP) is 5.52. The van der Waals surface area contributed by atoms with E-state index in [1.54, 1.807) is 0 Å². The van der Waals surface area contributed by atoms with Crippen molar-refractivity contribution in [2.75, 3.05) is 5.32 Å². The van der Waals surface area contributed by atoms with Crippen LogP contribution in [-0.4, -0.2) is 10.9 Å². The molecule has 0 spiro atoms. The van der Waals surface area contributed by atoms with Crippen molar-refractivity contribution < 1.29 is 4.79 Å². The maximum atomic E-state index is 12.6. The van der Waals surface area contributed by atoms with Crippen LogP contribution >= 0.6 is 22.9 Å². The average Bonchev–Trinajstić information content (AvgIpc) is 3.03. The smallest absolute Gasteiger partial charge is 0.233 e. The Labute approximate surface area is 156 Å². The summed E-state index contributed by atoms with van der Waals surface area (Å²) >= 11 is 7.52. The van der Waals surface area contributed by atoms with Gasteiger partial charge in [0.1, 0.15) is 0 Å². The molecule has 0 saturated carbocycles. The summed E-state index contributed by atoms with van der Waals surface area (Å²) in [5.41, 5.74) is 2.16. The summed E-state index contributed by atoms with van der Waals surface area (Å²) in [4.78, 5) is 18.0. The van der Waals surface area contributed by atoms with Gasteiger partial charge in [-0.3, -0.25) is 4.79 Å². The number of halogens is 1. The highest BCUT2D eigenvalue weighted by atomic mass is 35.5. The van der Waals surface area contributed by atoms with Gasteiger partial charge in [0.25, 0.3) is 0 Å². The Kier molecular flexibility index (Phi) is 5.84. The molecule has 1 heterocycles. The summed E-state index contributed by atoms with van der Waals surface area (Å²) in [6.45, 7) is 2.02. The van der Waals surface area contributed by atoms with Crippen molar-refractivity contribution in [3.63, 3.8) is 0 Å². The van der Waals surface area contributed by atoms with E-state index < -0.39 is 0 Å². The monoisotopic (exact) mass is 370 g/mol. The molecule has 128 valence electrons. The minimum atomic E-state index is -0.165. The van der Waals surface area contributed by atoms with Crippen LogP contribution in [0, 0.1) is 0 Å². The summed E-state index contributed by atoms with van der Waals surface area (Å²) in [5, 5.41) is 4.31. The van der Waals surface area contributed by atoms with Crippen LogP contribution in [-0.2, 0) is 11.2 Å². The van der Waals surface area contributed by atoms with Gasteiger partial charge >= 0.3 is 0 Å². The quantitative estimate of drug-likeness (QED) is 0.620. The van der Waals surface area contributed by atoms with E-state index in [0.29, 0.717) is 5.13 Å². The SMILES string of the molecule is CC[C@H](C(=O)Nc1ncc(Cc2cccc(Cl)c2)s1)c1ccccc1. The number of hydrogen-bond donors (Lipinski definition) is 1. The number of nitrogens with zero attached hydrogens (tertiary/aromatic N) is 1. The van der Waals surface area contributed by atoms with Gasteiger partial charge in [-0.1, -0.05) is 61.0 Å². The van der Waals surface area contributed by atoms with Crippen molar-refractivity contribution in [3.8, 4) is 0 Å². The van der Waals surface area contributed by atoms with Crippen LogP contribution < -0.4 is 5.32 Å². The zero-order valence-electron chi connectivity index (χ0n) is 13.9. The number of amides is 1.